The molecule has 0 unspecified atom stereocenters. The fourth-order valence-electron chi connectivity index (χ4n) is 3.31. The smallest absolute Gasteiger partial charge is 0.260 e. The summed E-state index contributed by atoms with van der Waals surface area (Å²) in [5.41, 5.74) is 2.11. The topological polar surface area (TPSA) is 50.8 Å². The van der Waals surface area contributed by atoms with Gasteiger partial charge < -0.3 is 19.7 Å². The van der Waals surface area contributed by atoms with Crippen molar-refractivity contribution in [2.75, 3.05) is 26.8 Å². The second-order valence-corrected chi connectivity index (χ2v) is 7.95. The van der Waals surface area contributed by atoms with Gasteiger partial charge in [-0.15, -0.1) is 0 Å². The maximum absolute atomic E-state index is 12.2. The molecular formula is C22H26Cl2N2O3. The Morgan fingerprint density at radius 1 is 1.10 bits per heavy atom. The lowest BCUT2D eigenvalue weighted by Crippen LogP contribution is -2.32. The molecule has 0 radical (unpaired) electrons. The van der Waals surface area contributed by atoms with E-state index in [1.165, 1.54) is 0 Å². The van der Waals surface area contributed by atoms with E-state index in [2.05, 4.69) is 12.2 Å². The van der Waals surface area contributed by atoms with Crippen LogP contribution in [0.2, 0.25) is 10.0 Å². The molecule has 0 aliphatic carbocycles. The monoisotopic (exact) mass is 436 g/mol. The maximum Gasteiger partial charge on any atom is 0.260 e. The van der Waals surface area contributed by atoms with Crippen molar-refractivity contribution in [1.82, 2.24) is 10.2 Å². The van der Waals surface area contributed by atoms with Crippen LogP contribution >= 0.6 is 23.2 Å². The van der Waals surface area contributed by atoms with Crippen molar-refractivity contribution < 1.29 is 14.3 Å². The number of nitrogens with zero attached hydrogens (tertiary/aromatic N) is 1. The van der Waals surface area contributed by atoms with Crippen LogP contribution in [0.5, 0.6) is 11.5 Å². The minimum absolute atomic E-state index is 0.0192. The summed E-state index contributed by atoms with van der Waals surface area (Å²) in [7, 11) is 1.60. The molecule has 3 rings (SSSR count). The second kappa shape index (κ2) is 10.2. The fourth-order valence-corrected chi connectivity index (χ4v) is 3.62. The highest BCUT2D eigenvalue weighted by Gasteiger charge is 2.19. The molecule has 1 fully saturated rings. The van der Waals surface area contributed by atoms with Crippen LogP contribution in [0.1, 0.15) is 36.9 Å². The Hall–Kier alpha value is -1.95. The number of hydrogen-bond acceptors (Lipinski definition) is 4. The maximum atomic E-state index is 12.2. The summed E-state index contributed by atoms with van der Waals surface area (Å²) in [6, 6.07) is 11.5. The van der Waals surface area contributed by atoms with E-state index in [9.17, 15) is 4.79 Å². The summed E-state index contributed by atoms with van der Waals surface area (Å²) in [5.74, 6) is 1.20. The molecule has 1 heterocycles. The van der Waals surface area contributed by atoms with Gasteiger partial charge in [0.15, 0.2) is 18.1 Å². The number of ether oxygens (including phenoxy) is 2. The highest BCUT2D eigenvalue weighted by Crippen LogP contribution is 2.29. The number of amides is 1. The lowest BCUT2D eigenvalue weighted by molar-refractivity contribution is -0.132. The van der Waals surface area contributed by atoms with Crippen LogP contribution in [0.4, 0.5) is 0 Å². The van der Waals surface area contributed by atoms with Gasteiger partial charge in [-0.25, -0.2) is 0 Å². The second-order valence-electron chi connectivity index (χ2n) is 7.14. The zero-order valence-corrected chi connectivity index (χ0v) is 18.2. The zero-order chi connectivity index (χ0) is 20.8. The third-order valence-electron chi connectivity index (χ3n) is 5.09. The molecule has 2 aromatic carbocycles. The van der Waals surface area contributed by atoms with E-state index in [1.54, 1.807) is 13.2 Å². The third kappa shape index (κ3) is 5.78. The number of likely N-dealkylation sites (tertiary alicyclic amines) is 1. The summed E-state index contributed by atoms with van der Waals surface area (Å²) < 4.78 is 11.2. The van der Waals surface area contributed by atoms with E-state index in [4.69, 9.17) is 32.7 Å². The van der Waals surface area contributed by atoms with Crippen molar-refractivity contribution in [2.24, 2.45) is 0 Å². The molecule has 1 aliphatic rings. The van der Waals surface area contributed by atoms with Gasteiger partial charge >= 0.3 is 0 Å². The number of benzene rings is 2. The van der Waals surface area contributed by atoms with E-state index in [0.29, 0.717) is 28.1 Å². The Balaban J connectivity index is 1.57. The minimum atomic E-state index is 0.0192. The SMILES string of the molecule is COc1cc(CN[C@H](C)c2ccc(Cl)c(Cl)c2)ccc1OCC(=O)N1CCCC1. The van der Waals surface area contributed by atoms with Gasteiger partial charge in [-0.3, -0.25) is 4.79 Å². The number of methoxy groups -OCH3 is 1. The first-order valence-electron chi connectivity index (χ1n) is 9.73. The standard InChI is InChI=1S/C22H26Cl2N2O3/c1-15(17-6-7-18(23)19(24)12-17)25-13-16-5-8-20(21(11-16)28-2)29-14-22(27)26-9-3-4-10-26/h5-8,11-12,15,25H,3-4,9-10,13-14H2,1-2H3/t15-/m1/s1. The Bertz CT molecular complexity index is 854. The molecule has 0 spiro atoms. The molecule has 1 atom stereocenters. The molecular weight excluding hydrogens is 411 g/mol. The van der Waals surface area contributed by atoms with E-state index < -0.39 is 0 Å². The van der Waals surface area contributed by atoms with Gasteiger partial charge in [-0.2, -0.15) is 0 Å². The van der Waals surface area contributed by atoms with Gasteiger partial charge in [0.2, 0.25) is 0 Å². The number of hydrogen-bond donors (Lipinski definition) is 1. The number of carbonyl (C=O) groups excluding carboxylic acids is 1. The molecule has 29 heavy (non-hydrogen) atoms. The number of rotatable bonds is 8. The van der Waals surface area contributed by atoms with Crippen LogP contribution in [0.25, 0.3) is 0 Å². The molecule has 0 bridgehead atoms. The summed E-state index contributed by atoms with van der Waals surface area (Å²) in [4.78, 5) is 14.0. The Morgan fingerprint density at radius 3 is 2.55 bits per heavy atom. The molecule has 5 nitrogen and oxygen atoms in total. The lowest BCUT2D eigenvalue weighted by Gasteiger charge is -2.18. The van der Waals surface area contributed by atoms with E-state index in [1.807, 2.05) is 35.2 Å². The molecule has 7 heteroatoms. The van der Waals surface area contributed by atoms with Gasteiger partial charge in [0.05, 0.1) is 17.2 Å². The van der Waals surface area contributed by atoms with Crippen LogP contribution in [-0.4, -0.2) is 37.6 Å². The fraction of sp³-hybridized carbons (Fsp3) is 0.409. The quantitative estimate of drug-likeness (QED) is 0.641. The van der Waals surface area contributed by atoms with Crippen molar-refractivity contribution in [3.8, 4) is 11.5 Å². The third-order valence-corrected chi connectivity index (χ3v) is 5.83. The first-order valence-corrected chi connectivity index (χ1v) is 10.5. The predicted octanol–water partition coefficient (Wildman–Crippen LogP) is 4.85. The lowest BCUT2D eigenvalue weighted by atomic mass is 10.1. The molecule has 1 N–H and O–H groups in total. The van der Waals surface area contributed by atoms with Crippen molar-refractivity contribution in [1.29, 1.82) is 0 Å². The van der Waals surface area contributed by atoms with Gasteiger partial charge in [0.1, 0.15) is 0 Å². The summed E-state index contributed by atoms with van der Waals surface area (Å²) in [6.45, 7) is 4.38. The normalized spacial score (nSPS) is 14.7. The van der Waals surface area contributed by atoms with E-state index in [-0.39, 0.29) is 18.6 Å². The Labute approximate surface area is 181 Å². The van der Waals surface area contributed by atoms with Gasteiger partial charge in [-0.05, 0) is 55.2 Å². The molecule has 1 amide bonds. The Morgan fingerprint density at radius 2 is 1.86 bits per heavy atom. The van der Waals surface area contributed by atoms with Crippen molar-refractivity contribution in [3.63, 3.8) is 0 Å². The largest absolute Gasteiger partial charge is 0.493 e. The highest BCUT2D eigenvalue weighted by molar-refractivity contribution is 6.42. The summed E-state index contributed by atoms with van der Waals surface area (Å²) >= 11 is 12.1. The first-order chi connectivity index (χ1) is 14.0. The minimum Gasteiger partial charge on any atom is -0.493 e. The number of nitrogens with one attached hydrogen (secondary N) is 1. The molecule has 2 aromatic rings. The van der Waals surface area contributed by atoms with Crippen LogP contribution < -0.4 is 14.8 Å². The Kier molecular flexibility index (Phi) is 7.64. The highest BCUT2D eigenvalue weighted by atomic mass is 35.5. The molecule has 0 aromatic heterocycles. The molecule has 0 saturated carbocycles. The molecule has 1 saturated heterocycles. The predicted molar refractivity (Wildman–Crippen MR) is 116 cm³/mol. The van der Waals surface area contributed by atoms with Gasteiger partial charge in [0, 0.05) is 25.7 Å². The zero-order valence-electron chi connectivity index (χ0n) is 16.7. The summed E-state index contributed by atoms with van der Waals surface area (Å²) in [5, 5.41) is 4.55. The molecule has 156 valence electrons. The van der Waals surface area contributed by atoms with Crippen LogP contribution in [0, 0.1) is 0 Å². The van der Waals surface area contributed by atoms with E-state index >= 15 is 0 Å². The first kappa shape index (κ1) is 21.8. The van der Waals surface area contributed by atoms with Crippen LogP contribution in [0.15, 0.2) is 36.4 Å². The average molecular weight is 437 g/mol. The van der Waals surface area contributed by atoms with Gasteiger partial charge in [-0.1, -0.05) is 35.3 Å². The van der Waals surface area contributed by atoms with Crippen molar-refractivity contribution in [2.45, 2.75) is 32.4 Å². The molecule has 1 aliphatic heterocycles. The average Bonchev–Trinajstić information content (AvgIpc) is 3.27. The van der Waals surface area contributed by atoms with Crippen LogP contribution in [0.3, 0.4) is 0 Å². The van der Waals surface area contributed by atoms with Crippen LogP contribution in [-0.2, 0) is 11.3 Å². The summed E-state index contributed by atoms with van der Waals surface area (Å²) in [6.07, 6.45) is 2.13. The van der Waals surface area contributed by atoms with Crippen molar-refractivity contribution in [3.05, 3.63) is 57.6 Å². The van der Waals surface area contributed by atoms with E-state index in [0.717, 1.165) is 37.1 Å². The number of halogens is 2. The van der Waals surface area contributed by atoms with Crippen molar-refractivity contribution >= 4 is 29.1 Å². The van der Waals surface area contributed by atoms with Gasteiger partial charge in [0.25, 0.3) is 5.91 Å². The number of carbonyl (C=O) groups is 1.